The highest BCUT2D eigenvalue weighted by atomic mass is 32.1. The number of hydrogen-bond donors (Lipinski definition) is 2. The van der Waals surface area contributed by atoms with Crippen LogP contribution in [0, 0.1) is 11.6 Å². The SMILES string of the molecule is COc1ccc2c(c1)[C@@H](N1[C@@H]3COCCN3C(=O)c3c(O)c(=O)ccn31)c1ccc(F)cc1-c1ccsc1-2.COc1ccc2c(c1)[C@H](N1[C@@H]3COCCN3C(=O)c3c(O)c(=O)ccn31)c1ccc(F)cc1-c1ccsc1-2. The molecule has 0 radical (unpaired) electrons. The second-order valence-electron chi connectivity index (χ2n) is 18.8. The minimum absolute atomic E-state index is 0.109. The molecule has 0 unspecified atom stereocenters. The lowest BCUT2D eigenvalue weighted by Crippen LogP contribution is -2.66. The van der Waals surface area contributed by atoms with Gasteiger partial charge in [0.1, 0.15) is 35.5 Å². The van der Waals surface area contributed by atoms with E-state index in [4.69, 9.17) is 18.9 Å². The molecular formula is C56H44F2N6O10S2. The second-order valence-corrected chi connectivity index (χ2v) is 20.6. The van der Waals surface area contributed by atoms with Gasteiger partial charge in [-0.05, 0) is 128 Å². The van der Waals surface area contributed by atoms with Crippen molar-refractivity contribution in [1.29, 1.82) is 0 Å². The Hall–Kier alpha value is -8.30. The molecule has 0 saturated carbocycles. The van der Waals surface area contributed by atoms with Crippen molar-refractivity contribution in [3.8, 4) is 66.1 Å². The number of methoxy groups -OCH3 is 2. The predicted octanol–water partition coefficient (Wildman–Crippen LogP) is 7.90. The summed E-state index contributed by atoms with van der Waals surface area (Å²) in [5.74, 6) is -1.53. The van der Waals surface area contributed by atoms with E-state index in [9.17, 15) is 38.2 Å². The van der Waals surface area contributed by atoms with Crippen molar-refractivity contribution >= 4 is 34.5 Å². The van der Waals surface area contributed by atoms with Crippen LogP contribution in [-0.4, -0.2) is 107 Å². The monoisotopic (exact) mass is 1060 g/mol. The number of amides is 2. The van der Waals surface area contributed by atoms with Crippen molar-refractivity contribution < 1.29 is 47.5 Å². The van der Waals surface area contributed by atoms with E-state index >= 15 is 0 Å². The first-order chi connectivity index (χ1) is 36.9. The number of aromatic nitrogens is 2. The van der Waals surface area contributed by atoms with Crippen LogP contribution in [0.5, 0.6) is 23.0 Å². The number of benzene rings is 4. The molecule has 2 aliphatic carbocycles. The molecule has 384 valence electrons. The van der Waals surface area contributed by atoms with Crippen molar-refractivity contribution in [2.45, 2.75) is 24.4 Å². The summed E-state index contributed by atoms with van der Waals surface area (Å²) in [4.78, 5) is 57.2. The molecule has 6 aliphatic rings. The van der Waals surface area contributed by atoms with Crippen molar-refractivity contribution in [3.63, 3.8) is 0 Å². The third-order valence-electron chi connectivity index (χ3n) is 15.0. The lowest BCUT2D eigenvalue weighted by Gasteiger charge is -2.51. The van der Waals surface area contributed by atoms with Gasteiger partial charge < -0.3 is 39.0 Å². The largest absolute Gasteiger partial charge is 0.502 e. The number of thiophene rings is 2. The van der Waals surface area contributed by atoms with E-state index in [0.717, 1.165) is 65.4 Å². The van der Waals surface area contributed by atoms with Crippen molar-refractivity contribution in [3.05, 3.63) is 186 Å². The Morgan fingerprint density at radius 2 is 0.961 bits per heavy atom. The first-order valence-corrected chi connectivity index (χ1v) is 26.1. The number of ether oxygens (including phenoxy) is 4. The van der Waals surface area contributed by atoms with Crippen LogP contribution in [0.15, 0.2) is 130 Å². The highest BCUT2D eigenvalue weighted by Gasteiger charge is 2.48. The van der Waals surface area contributed by atoms with Gasteiger partial charge >= 0.3 is 0 Å². The highest BCUT2D eigenvalue weighted by Crippen LogP contribution is 2.53. The molecule has 20 heteroatoms. The van der Waals surface area contributed by atoms with Crippen LogP contribution < -0.4 is 30.3 Å². The maximum atomic E-state index is 14.7. The number of nitrogens with zero attached hydrogens (tertiary/aromatic N) is 6. The Labute approximate surface area is 439 Å². The summed E-state index contributed by atoms with van der Waals surface area (Å²) in [6.45, 7) is 1.69. The van der Waals surface area contributed by atoms with Crippen LogP contribution in [0.4, 0.5) is 8.78 Å². The Morgan fingerprint density at radius 1 is 0.526 bits per heavy atom. The molecule has 76 heavy (non-hydrogen) atoms. The zero-order chi connectivity index (χ0) is 52.3. The molecule has 8 heterocycles. The fraction of sp³-hybridized carbons (Fsp3) is 0.214. The van der Waals surface area contributed by atoms with Gasteiger partial charge in [-0.3, -0.25) is 38.5 Å². The van der Waals surface area contributed by atoms with Crippen LogP contribution in [-0.2, 0) is 9.47 Å². The molecule has 2 N–H and O–H groups in total. The summed E-state index contributed by atoms with van der Waals surface area (Å²) in [5, 5.41) is 29.4. The summed E-state index contributed by atoms with van der Waals surface area (Å²) in [6, 6.07) is 26.5. The van der Waals surface area contributed by atoms with Crippen LogP contribution in [0.1, 0.15) is 55.3 Å². The number of carbonyl (C=O) groups excluding carboxylic acids is 2. The van der Waals surface area contributed by atoms with Crippen molar-refractivity contribution in [2.75, 3.05) is 63.8 Å². The number of hydrogen-bond acceptors (Lipinski definition) is 14. The minimum atomic E-state index is -0.635. The number of pyridine rings is 2. The van der Waals surface area contributed by atoms with Gasteiger partial charge in [0.15, 0.2) is 22.9 Å². The van der Waals surface area contributed by atoms with E-state index in [1.807, 2.05) is 69.3 Å². The predicted molar refractivity (Wildman–Crippen MR) is 280 cm³/mol. The molecular weight excluding hydrogens is 1020 g/mol. The summed E-state index contributed by atoms with van der Waals surface area (Å²) >= 11 is 3.13. The van der Waals surface area contributed by atoms with Gasteiger partial charge in [-0.15, -0.1) is 22.7 Å². The molecule has 2 amide bonds. The van der Waals surface area contributed by atoms with Crippen LogP contribution in [0.3, 0.4) is 0 Å². The zero-order valence-electron chi connectivity index (χ0n) is 40.5. The Kier molecular flexibility index (Phi) is 11.4. The number of halogens is 2. The van der Waals surface area contributed by atoms with E-state index in [2.05, 4.69) is 0 Å². The molecule has 16 nitrogen and oxygen atoms in total. The molecule has 4 aliphatic heterocycles. The van der Waals surface area contributed by atoms with E-state index in [1.54, 1.807) is 68.2 Å². The third kappa shape index (κ3) is 7.18. The zero-order valence-corrected chi connectivity index (χ0v) is 42.1. The Balaban J connectivity index is 0.000000146. The maximum Gasteiger partial charge on any atom is 0.278 e. The van der Waals surface area contributed by atoms with Crippen molar-refractivity contribution in [1.82, 2.24) is 19.2 Å². The smallest absolute Gasteiger partial charge is 0.278 e. The van der Waals surface area contributed by atoms with Crippen LogP contribution in [0.2, 0.25) is 0 Å². The normalized spacial score (nSPS) is 19.6. The number of rotatable bonds is 4. The lowest BCUT2D eigenvalue weighted by molar-refractivity contribution is -0.0197. The fourth-order valence-corrected chi connectivity index (χ4v) is 13.5. The number of carbonyl (C=O) groups is 2. The van der Waals surface area contributed by atoms with E-state index in [0.29, 0.717) is 37.8 Å². The maximum absolute atomic E-state index is 14.7. The summed E-state index contributed by atoms with van der Waals surface area (Å²) in [5.41, 5.74) is 7.06. The molecule has 4 atom stereocenters. The minimum Gasteiger partial charge on any atom is -0.502 e. The molecule has 2 saturated heterocycles. The molecule has 0 spiro atoms. The number of fused-ring (bicyclic) bond motifs is 14. The summed E-state index contributed by atoms with van der Waals surface area (Å²) in [7, 11) is 3.20. The second kappa shape index (κ2) is 18.2. The van der Waals surface area contributed by atoms with E-state index in [-0.39, 0.29) is 36.2 Å². The topological polar surface area (TPSA) is 168 Å². The van der Waals surface area contributed by atoms with Crippen LogP contribution in [0.25, 0.3) is 43.1 Å². The van der Waals surface area contributed by atoms with Crippen molar-refractivity contribution in [2.24, 2.45) is 0 Å². The average Bonchev–Trinajstić information content (AvgIpc) is 4.14. The Bertz CT molecular complexity index is 3610. The lowest BCUT2D eigenvalue weighted by atomic mass is 9.92. The summed E-state index contributed by atoms with van der Waals surface area (Å²) < 4.78 is 55.4. The van der Waals surface area contributed by atoms with E-state index < -0.39 is 58.6 Å². The average molecular weight is 1060 g/mol. The quantitative estimate of drug-likeness (QED) is 0.175. The van der Waals surface area contributed by atoms with Gasteiger partial charge in [0.2, 0.25) is 10.9 Å². The fourth-order valence-electron chi connectivity index (χ4n) is 11.6. The first-order valence-electron chi connectivity index (χ1n) is 24.3. The van der Waals surface area contributed by atoms with Gasteiger partial charge in [-0.1, -0.05) is 12.1 Å². The van der Waals surface area contributed by atoms with Gasteiger partial charge in [-0.25, -0.2) is 8.78 Å². The first kappa shape index (κ1) is 47.4. The van der Waals surface area contributed by atoms with Gasteiger partial charge in [0.25, 0.3) is 11.8 Å². The molecule has 14 rings (SSSR count). The molecule has 2 fully saturated rings. The molecule has 4 aromatic heterocycles. The standard InChI is InChI=1S/2C28H22FN3O5S/c2*1-36-16-3-5-18-21(13-16)24(17-4-2-15(29)12-20(17)19-7-11-38-27(18)19)32-23-14-37-10-9-30(23)28(35)25-26(34)22(33)6-8-31(25)32/h2*2-8,11-13,23-24,34H,9-10,14H2,1H3/t23-,24+;23-,24-/m11/s1. The van der Waals surface area contributed by atoms with Gasteiger partial charge in [0, 0.05) is 58.5 Å². The molecule has 8 aromatic rings. The number of morpholine rings is 2. The van der Waals surface area contributed by atoms with Gasteiger partial charge in [0.05, 0.1) is 52.7 Å². The van der Waals surface area contributed by atoms with E-state index in [1.165, 1.54) is 48.8 Å². The van der Waals surface area contributed by atoms with Gasteiger partial charge in [-0.2, -0.15) is 0 Å². The molecule has 0 bridgehead atoms. The highest BCUT2D eigenvalue weighted by molar-refractivity contribution is 7.14. The van der Waals surface area contributed by atoms with Crippen LogP contribution >= 0.6 is 22.7 Å². The third-order valence-corrected chi connectivity index (χ3v) is 16.9. The Morgan fingerprint density at radius 3 is 1.38 bits per heavy atom. The summed E-state index contributed by atoms with van der Waals surface area (Å²) in [6.07, 6.45) is 1.91. The number of aromatic hydroxyl groups is 2. The molecule has 4 aromatic carbocycles.